The van der Waals surface area contributed by atoms with E-state index in [-0.39, 0.29) is 11.4 Å². The van der Waals surface area contributed by atoms with Gasteiger partial charge in [-0.1, -0.05) is 18.2 Å². The molecule has 10 nitrogen and oxygen atoms in total. The van der Waals surface area contributed by atoms with E-state index in [1.807, 2.05) is 0 Å². The van der Waals surface area contributed by atoms with Crippen molar-refractivity contribution in [1.29, 1.82) is 0 Å². The maximum absolute atomic E-state index is 14.2. The number of imidazole rings is 1. The minimum absolute atomic E-state index is 0.0887. The lowest BCUT2D eigenvalue weighted by atomic mass is 10.0. The number of fused-ring (bicyclic) bond motifs is 1. The topological polar surface area (TPSA) is 133 Å². The molecule has 1 N–H and O–H groups in total. The number of carbonyl (C=O) groups excluding carboxylic acids is 1. The Bertz CT molecular complexity index is 1390. The molecular weight excluding hydrogens is 474 g/mol. The summed E-state index contributed by atoms with van der Waals surface area (Å²) >= 11 is 0. The number of halogens is 2. The van der Waals surface area contributed by atoms with E-state index in [1.165, 1.54) is 31.3 Å². The monoisotopic (exact) mass is 492 g/mol. The van der Waals surface area contributed by atoms with Crippen LogP contribution in [0.5, 0.6) is 0 Å². The summed E-state index contributed by atoms with van der Waals surface area (Å²) in [5, 5.41) is 13.5. The van der Waals surface area contributed by atoms with Crippen molar-refractivity contribution in [2.45, 2.75) is 36.8 Å². The molecule has 0 saturated carbocycles. The molecular formula is C21H18F2N4O6S. The molecule has 2 aromatic carbocycles. The molecule has 2 atom stereocenters. The predicted molar refractivity (Wildman–Crippen MR) is 115 cm³/mol. The number of amides is 1. The van der Waals surface area contributed by atoms with E-state index >= 15 is 0 Å². The molecule has 2 heterocycles. The third-order valence-corrected chi connectivity index (χ3v) is 6.76. The van der Waals surface area contributed by atoms with Crippen LogP contribution in [0.4, 0.5) is 20.3 Å². The van der Waals surface area contributed by atoms with Gasteiger partial charge in [-0.2, -0.15) is 8.42 Å². The zero-order valence-corrected chi connectivity index (χ0v) is 18.5. The lowest BCUT2D eigenvalue weighted by Gasteiger charge is -2.15. The Morgan fingerprint density at radius 2 is 2.03 bits per heavy atom. The number of rotatable bonds is 7. The van der Waals surface area contributed by atoms with Crippen molar-refractivity contribution in [2.24, 2.45) is 0 Å². The summed E-state index contributed by atoms with van der Waals surface area (Å²) < 4.78 is 59.0. The standard InChI is InChI=1S/C21H18F2N4O6S/c1-12(33-34(31,32)18-5-3-2-4-17(18)27(29)30)21(28)25-19-11-26-16(8-9-20(26)24-19)14-7-6-13(22)10-15(14)23/h2-7,10-12,16H,8-9H2,1H3,(H,25,28)/t12-,16?/m1/s1. The van der Waals surface area contributed by atoms with Gasteiger partial charge in [-0.3, -0.25) is 19.1 Å². The zero-order chi connectivity index (χ0) is 24.6. The van der Waals surface area contributed by atoms with Crippen LogP contribution in [-0.4, -0.2) is 34.9 Å². The second-order valence-electron chi connectivity index (χ2n) is 7.58. The van der Waals surface area contributed by atoms with Crippen molar-refractivity contribution in [2.75, 3.05) is 5.32 Å². The van der Waals surface area contributed by atoms with Crippen molar-refractivity contribution < 1.29 is 31.1 Å². The molecule has 1 aliphatic rings. The number of nitrogens with zero attached hydrogens (tertiary/aromatic N) is 3. The van der Waals surface area contributed by atoms with Crippen LogP contribution in [-0.2, 0) is 25.5 Å². The predicted octanol–water partition coefficient (Wildman–Crippen LogP) is 3.34. The van der Waals surface area contributed by atoms with E-state index in [2.05, 4.69) is 10.3 Å². The molecule has 0 aliphatic carbocycles. The molecule has 1 aromatic heterocycles. The highest BCUT2D eigenvalue weighted by Gasteiger charge is 2.32. The van der Waals surface area contributed by atoms with Crippen molar-refractivity contribution in [1.82, 2.24) is 9.55 Å². The van der Waals surface area contributed by atoms with E-state index in [0.717, 1.165) is 24.3 Å². The quantitative estimate of drug-likeness (QED) is 0.304. The summed E-state index contributed by atoms with van der Waals surface area (Å²) in [6, 6.07) is 7.47. The van der Waals surface area contributed by atoms with Gasteiger partial charge in [-0.05, 0) is 25.5 Å². The highest BCUT2D eigenvalue weighted by Crippen LogP contribution is 2.34. The fraction of sp³-hybridized carbons (Fsp3) is 0.238. The van der Waals surface area contributed by atoms with E-state index in [4.69, 9.17) is 4.18 Å². The summed E-state index contributed by atoms with van der Waals surface area (Å²) in [6.07, 6.45) is 0.950. The molecule has 0 radical (unpaired) electrons. The number of benzene rings is 2. The summed E-state index contributed by atoms with van der Waals surface area (Å²) in [5.74, 6) is -1.60. The fourth-order valence-corrected chi connectivity index (χ4v) is 4.98. The van der Waals surface area contributed by atoms with E-state index in [0.29, 0.717) is 18.7 Å². The van der Waals surface area contributed by atoms with Gasteiger partial charge in [0.2, 0.25) is 0 Å². The number of aromatic nitrogens is 2. The number of carbonyl (C=O) groups is 1. The lowest BCUT2D eigenvalue weighted by Crippen LogP contribution is -2.30. The Hall–Kier alpha value is -3.71. The van der Waals surface area contributed by atoms with Crippen molar-refractivity contribution in [3.05, 3.63) is 81.8 Å². The minimum atomic E-state index is -4.62. The van der Waals surface area contributed by atoms with Crippen LogP contribution in [0.2, 0.25) is 0 Å². The van der Waals surface area contributed by atoms with E-state index in [9.17, 15) is 32.1 Å². The van der Waals surface area contributed by atoms with Gasteiger partial charge >= 0.3 is 10.1 Å². The third-order valence-electron chi connectivity index (χ3n) is 5.33. The van der Waals surface area contributed by atoms with Gasteiger partial charge in [0.1, 0.15) is 17.5 Å². The van der Waals surface area contributed by atoms with Crippen molar-refractivity contribution in [3.63, 3.8) is 0 Å². The Balaban J connectivity index is 1.48. The van der Waals surface area contributed by atoms with E-state index in [1.54, 1.807) is 4.57 Å². The van der Waals surface area contributed by atoms with Crippen LogP contribution in [0.3, 0.4) is 0 Å². The van der Waals surface area contributed by atoms with Crippen LogP contribution in [0.15, 0.2) is 53.6 Å². The molecule has 1 amide bonds. The summed E-state index contributed by atoms with van der Waals surface area (Å²) in [4.78, 5) is 26.4. The van der Waals surface area contributed by atoms with Gasteiger partial charge in [-0.25, -0.2) is 13.8 Å². The summed E-state index contributed by atoms with van der Waals surface area (Å²) in [7, 11) is -4.62. The number of nitro benzene ring substituents is 1. The molecule has 1 unspecified atom stereocenters. The normalized spacial score (nSPS) is 16.1. The first-order chi connectivity index (χ1) is 16.1. The zero-order valence-electron chi connectivity index (χ0n) is 17.6. The Morgan fingerprint density at radius 3 is 2.74 bits per heavy atom. The first-order valence-corrected chi connectivity index (χ1v) is 11.5. The van der Waals surface area contributed by atoms with Crippen LogP contribution in [0.25, 0.3) is 0 Å². The number of nitro groups is 1. The third kappa shape index (κ3) is 4.52. The smallest absolute Gasteiger partial charge is 0.304 e. The van der Waals surface area contributed by atoms with Crippen LogP contribution >= 0.6 is 0 Å². The molecule has 0 bridgehead atoms. The van der Waals surface area contributed by atoms with Gasteiger partial charge in [0, 0.05) is 30.3 Å². The van der Waals surface area contributed by atoms with Crippen molar-refractivity contribution >= 4 is 27.5 Å². The molecule has 0 fully saturated rings. The number of para-hydroxylation sites is 1. The maximum Gasteiger partial charge on any atom is 0.304 e. The van der Waals surface area contributed by atoms with Crippen molar-refractivity contribution in [3.8, 4) is 0 Å². The molecule has 3 aromatic rings. The van der Waals surface area contributed by atoms with Gasteiger partial charge in [0.25, 0.3) is 11.6 Å². The Kier molecular flexibility index (Phi) is 6.15. The minimum Gasteiger partial charge on any atom is -0.325 e. The SMILES string of the molecule is C[C@@H](OS(=O)(=O)c1ccccc1[N+](=O)[O-])C(=O)Nc1cn2c(n1)CCC2c1ccc(F)cc1F. The van der Waals surface area contributed by atoms with Gasteiger partial charge in [-0.15, -0.1) is 0 Å². The number of nitrogens with one attached hydrogen (secondary N) is 1. The van der Waals surface area contributed by atoms with Gasteiger partial charge in [0.05, 0.1) is 11.0 Å². The summed E-state index contributed by atoms with van der Waals surface area (Å²) in [6.45, 7) is 1.17. The van der Waals surface area contributed by atoms with Crippen LogP contribution in [0, 0.1) is 21.7 Å². The molecule has 178 valence electrons. The molecule has 13 heteroatoms. The highest BCUT2D eigenvalue weighted by atomic mass is 32.2. The molecule has 34 heavy (non-hydrogen) atoms. The number of anilines is 1. The first kappa shape index (κ1) is 23.4. The first-order valence-electron chi connectivity index (χ1n) is 10.1. The second-order valence-corrected chi connectivity index (χ2v) is 9.12. The summed E-state index contributed by atoms with van der Waals surface area (Å²) in [5.41, 5.74) is -0.401. The number of hydrogen-bond donors (Lipinski definition) is 1. The molecule has 0 spiro atoms. The molecule has 1 aliphatic heterocycles. The average Bonchev–Trinajstić information content (AvgIpc) is 3.34. The maximum atomic E-state index is 14.2. The Labute approximate surface area is 192 Å². The second kappa shape index (κ2) is 8.91. The van der Waals surface area contributed by atoms with E-state index < -0.39 is 55.3 Å². The van der Waals surface area contributed by atoms with Crippen LogP contribution in [0.1, 0.15) is 30.8 Å². The molecule has 0 saturated heterocycles. The lowest BCUT2D eigenvalue weighted by molar-refractivity contribution is -0.387. The largest absolute Gasteiger partial charge is 0.325 e. The molecule has 4 rings (SSSR count). The number of hydrogen-bond acceptors (Lipinski definition) is 7. The fourth-order valence-electron chi connectivity index (χ4n) is 3.76. The number of aryl methyl sites for hydroxylation is 1. The average molecular weight is 492 g/mol. The van der Waals surface area contributed by atoms with Gasteiger partial charge < -0.3 is 9.88 Å². The Morgan fingerprint density at radius 1 is 1.29 bits per heavy atom. The van der Waals surface area contributed by atoms with Crippen LogP contribution < -0.4 is 5.32 Å². The van der Waals surface area contributed by atoms with Gasteiger partial charge in [0.15, 0.2) is 16.8 Å². The highest BCUT2D eigenvalue weighted by molar-refractivity contribution is 7.87.